The molecular formula is C13H12FN3O. The highest BCUT2D eigenvalue weighted by molar-refractivity contribution is 5.57. The van der Waals surface area contributed by atoms with Crippen molar-refractivity contribution in [3.63, 3.8) is 0 Å². The number of halogens is 1. The van der Waals surface area contributed by atoms with E-state index >= 15 is 0 Å². The summed E-state index contributed by atoms with van der Waals surface area (Å²) >= 11 is 0. The zero-order valence-electron chi connectivity index (χ0n) is 10.1. The first-order valence-corrected chi connectivity index (χ1v) is 5.47. The fraction of sp³-hybridized carbons (Fsp3) is 0.231. The van der Waals surface area contributed by atoms with Gasteiger partial charge < -0.3 is 9.84 Å². The van der Waals surface area contributed by atoms with Crippen molar-refractivity contribution in [2.45, 2.75) is 20.4 Å². The van der Waals surface area contributed by atoms with Crippen LogP contribution in [0.3, 0.4) is 0 Å². The number of hydrogen-bond acceptors (Lipinski definition) is 4. The Morgan fingerprint density at radius 1 is 1.44 bits per heavy atom. The van der Waals surface area contributed by atoms with E-state index in [1.807, 2.05) is 19.9 Å². The average molecular weight is 245 g/mol. The molecule has 0 amide bonds. The molecule has 1 heterocycles. The van der Waals surface area contributed by atoms with Crippen LogP contribution < -0.4 is 5.32 Å². The van der Waals surface area contributed by atoms with Gasteiger partial charge in [-0.1, -0.05) is 5.16 Å². The predicted molar refractivity (Wildman–Crippen MR) is 64.4 cm³/mol. The van der Waals surface area contributed by atoms with E-state index in [1.54, 1.807) is 6.07 Å². The van der Waals surface area contributed by atoms with E-state index in [4.69, 9.17) is 9.78 Å². The molecule has 2 aromatic rings. The zero-order valence-corrected chi connectivity index (χ0v) is 10.1. The van der Waals surface area contributed by atoms with Crippen molar-refractivity contribution < 1.29 is 8.91 Å². The molecule has 0 saturated heterocycles. The number of aromatic nitrogens is 1. The lowest BCUT2D eigenvalue weighted by atomic mass is 10.1. The van der Waals surface area contributed by atoms with Gasteiger partial charge in [0.2, 0.25) is 0 Å². The molecule has 0 radical (unpaired) electrons. The molecule has 0 unspecified atom stereocenters. The Labute approximate surface area is 104 Å². The standard InChI is InChI=1S/C13H12FN3O/c1-8-12(9(2)18-17-8)7-16-13-4-3-11(14)5-10(13)6-15/h3-5,16H,7H2,1-2H3. The molecule has 4 nitrogen and oxygen atoms in total. The predicted octanol–water partition coefficient (Wildman–Crippen LogP) is 2.91. The van der Waals surface area contributed by atoms with Crippen LogP contribution in [0.4, 0.5) is 10.1 Å². The van der Waals surface area contributed by atoms with Gasteiger partial charge in [0.05, 0.1) is 16.9 Å². The first kappa shape index (κ1) is 12.1. The summed E-state index contributed by atoms with van der Waals surface area (Å²) in [7, 11) is 0. The van der Waals surface area contributed by atoms with Crippen molar-refractivity contribution in [2.24, 2.45) is 0 Å². The normalized spacial score (nSPS) is 10.1. The number of rotatable bonds is 3. The molecule has 0 aliphatic rings. The number of anilines is 1. The number of nitrogens with zero attached hydrogens (tertiary/aromatic N) is 2. The molecule has 1 aromatic heterocycles. The second-order valence-corrected chi connectivity index (χ2v) is 3.96. The quantitative estimate of drug-likeness (QED) is 0.903. The Balaban J connectivity index is 2.19. The fourth-order valence-electron chi connectivity index (χ4n) is 1.70. The second kappa shape index (κ2) is 4.88. The van der Waals surface area contributed by atoms with Crippen molar-refractivity contribution in [1.29, 1.82) is 5.26 Å². The maximum absolute atomic E-state index is 13.0. The van der Waals surface area contributed by atoms with Crippen LogP contribution in [0, 0.1) is 31.0 Å². The molecule has 0 aliphatic heterocycles. The maximum Gasteiger partial charge on any atom is 0.138 e. The first-order chi connectivity index (χ1) is 8.61. The Morgan fingerprint density at radius 2 is 2.22 bits per heavy atom. The molecule has 0 atom stereocenters. The van der Waals surface area contributed by atoms with Gasteiger partial charge in [-0.15, -0.1) is 0 Å². The van der Waals surface area contributed by atoms with E-state index in [2.05, 4.69) is 10.5 Å². The van der Waals surface area contributed by atoms with Crippen molar-refractivity contribution in [1.82, 2.24) is 5.16 Å². The fourth-order valence-corrected chi connectivity index (χ4v) is 1.70. The minimum Gasteiger partial charge on any atom is -0.380 e. The molecule has 0 bridgehead atoms. The maximum atomic E-state index is 13.0. The highest BCUT2D eigenvalue weighted by Crippen LogP contribution is 2.19. The topological polar surface area (TPSA) is 61.9 Å². The minimum atomic E-state index is -0.422. The van der Waals surface area contributed by atoms with E-state index in [0.717, 1.165) is 17.0 Å². The van der Waals surface area contributed by atoms with Crippen LogP contribution in [-0.4, -0.2) is 5.16 Å². The highest BCUT2D eigenvalue weighted by atomic mass is 19.1. The van der Waals surface area contributed by atoms with E-state index in [-0.39, 0.29) is 5.56 Å². The molecule has 2 rings (SSSR count). The van der Waals surface area contributed by atoms with Crippen molar-refractivity contribution in [3.05, 3.63) is 46.6 Å². The van der Waals surface area contributed by atoms with Crippen LogP contribution in [0.2, 0.25) is 0 Å². The zero-order chi connectivity index (χ0) is 13.1. The summed E-state index contributed by atoms with van der Waals surface area (Å²) in [6.07, 6.45) is 0. The molecule has 18 heavy (non-hydrogen) atoms. The molecule has 92 valence electrons. The molecule has 0 saturated carbocycles. The van der Waals surface area contributed by atoms with Crippen LogP contribution in [0.15, 0.2) is 22.7 Å². The smallest absolute Gasteiger partial charge is 0.138 e. The summed E-state index contributed by atoms with van der Waals surface area (Å²) in [5, 5.41) is 15.9. The lowest BCUT2D eigenvalue weighted by Crippen LogP contribution is -2.03. The molecule has 1 N–H and O–H groups in total. The van der Waals surface area contributed by atoms with E-state index in [0.29, 0.717) is 12.2 Å². The molecule has 0 fully saturated rings. The number of nitrogens with one attached hydrogen (secondary N) is 1. The van der Waals surface area contributed by atoms with Gasteiger partial charge in [0.15, 0.2) is 0 Å². The summed E-state index contributed by atoms with van der Waals surface area (Å²) in [6.45, 7) is 4.16. The van der Waals surface area contributed by atoms with Crippen molar-refractivity contribution in [2.75, 3.05) is 5.32 Å². The van der Waals surface area contributed by atoms with Gasteiger partial charge in [-0.05, 0) is 32.0 Å². The van der Waals surface area contributed by atoms with Crippen LogP contribution in [0.1, 0.15) is 22.6 Å². The number of benzene rings is 1. The third kappa shape index (κ3) is 2.33. The Morgan fingerprint density at radius 3 is 2.83 bits per heavy atom. The summed E-state index contributed by atoms with van der Waals surface area (Å²) in [5.41, 5.74) is 2.63. The monoisotopic (exact) mass is 245 g/mol. The Bertz CT molecular complexity index is 594. The molecule has 0 spiro atoms. The first-order valence-electron chi connectivity index (χ1n) is 5.47. The molecule has 0 aliphatic carbocycles. The van der Waals surface area contributed by atoms with Gasteiger partial charge in [-0.3, -0.25) is 0 Å². The third-order valence-electron chi connectivity index (χ3n) is 2.74. The molecule has 1 aromatic carbocycles. The second-order valence-electron chi connectivity index (χ2n) is 3.96. The third-order valence-corrected chi connectivity index (χ3v) is 2.74. The van der Waals surface area contributed by atoms with E-state index in [9.17, 15) is 4.39 Å². The Hall–Kier alpha value is -2.35. The van der Waals surface area contributed by atoms with E-state index in [1.165, 1.54) is 12.1 Å². The van der Waals surface area contributed by atoms with Gasteiger partial charge in [0.1, 0.15) is 17.6 Å². The number of nitriles is 1. The van der Waals surface area contributed by atoms with Gasteiger partial charge in [-0.2, -0.15) is 5.26 Å². The molecule has 5 heteroatoms. The van der Waals surface area contributed by atoms with Crippen LogP contribution >= 0.6 is 0 Å². The van der Waals surface area contributed by atoms with Crippen LogP contribution in [0.5, 0.6) is 0 Å². The van der Waals surface area contributed by atoms with Gasteiger partial charge >= 0.3 is 0 Å². The van der Waals surface area contributed by atoms with Crippen LogP contribution in [0.25, 0.3) is 0 Å². The molecular weight excluding hydrogens is 233 g/mol. The van der Waals surface area contributed by atoms with Gasteiger partial charge in [0.25, 0.3) is 0 Å². The SMILES string of the molecule is Cc1noc(C)c1CNc1ccc(F)cc1C#N. The van der Waals surface area contributed by atoms with E-state index < -0.39 is 5.82 Å². The number of hydrogen-bond donors (Lipinski definition) is 1. The van der Waals surface area contributed by atoms with Gasteiger partial charge in [-0.25, -0.2) is 4.39 Å². The summed E-state index contributed by atoms with van der Waals surface area (Å²) in [6, 6.07) is 6.02. The summed E-state index contributed by atoms with van der Waals surface area (Å²) in [4.78, 5) is 0. The minimum absolute atomic E-state index is 0.279. The highest BCUT2D eigenvalue weighted by Gasteiger charge is 2.10. The van der Waals surface area contributed by atoms with Crippen molar-refractivity contribution >= 4 is 5.69 Å². The summed E-state index contributed by atoms with van der Waals surface area (Å²) in [5.74, 6) is 0.315. The largest absolute Gasteiger partial charge is 0.380 e. The lowest BCUT2D eigenvalue weighted by molar-refractivity contribution is 0.392. The lowest BCUT2D eigenvalue weighted by Gasteiger charge is -2.07. The van der Waals surface area contributed by atoms with Crippen molar-refractivity contribution in [3.8, 4) is 6.07 Å². The average Bonchev–Trinajstić information content (AvgIpc) is 2.68. The summed E-state index contributed by atoms with van der Waals surface area (Å²) < 4.78 is 18.0. The Kier molecular flexibility index (Phi) is 3.28. The van der Waals surface area contributed by atoms with Crippen LogP contribution in [-0.2, 0) is 6.54 Å². The number of aryl methyl sites for hydroxylation is 2. The van der Waals surface area contributed by atoms with Gasteiger partial charge in [0, 0.05) is 12.1 Å².